The molecule has 2 N–H and O–H groups in total. The molecule has 0 radical (unpaired) electrons. The summed E-state index contributed by atoms with van der Waals surface area (Å²) >= 11 is 0. The molecule has 7 nitrogen and oxygen atoms in total. The third kappa shape index (κ3) is 4.64. The number of carbonyl (C=O) groups excluding carboxylic acids is 1. The highest BCUT2D eigenvalue weighted by molar-refractivity contribution is 5.91. The van der Waals surface area contributed by atoms with Gasteiger partial charge in [0.25, 0.3) is 0 Å². The molecule has 0 aliphatic heterocycles. The minimum atomic E-state index is -0.342. The minimum Gasteiger partial charge on any atom is -0.455 e. The Morgan fingerprint density at radius 1 is 1.03 bits per heavy atom. The molecule has 30 heavy (non-hydrogen) atoms. The van der Waals surface area contributed by atoms with Crippen molar-refractivity contribution in [1.29, 1.82) is 0 Å². The predicted octanol–water partition coefficient (Wildman–Crippen LogP) is 4.69. The summed E-state index contributed by atoms with van der Waals surface area (Å²) < 4.78 is 7.62. The van der Waals surface area contributed by atoms with E-state index in [0.29, 0.717) is 29.5 Å². The van der Waals surface area contributed by atoms with Crippen LogP contribution in [-0.4, -0.2) is 20.8 Å². The van der Waals surface area contributed by atoms with Gasteiger partial charge in [-0.05, 0) is 48.9 Å². The Morgan fingerprint density at radius 2 is 1.93 bits per heavy atom. The summed E-state index contributed by atoms with van der Waals surface area (Å²) in [6, 6.07) is 20.3. The van der Waals surface area contributed by atoms with Crippen LogP contribution in [0, 0.1) is 6.92 Å². The zero-order valence-electron chi connectivity index (χ0n) is 16.4. The number of ether oxygens (including phenoxy) is 1. The van der Waals surface area contributed by atoms with Crippen molar-refractivity contribution >= 4 is 11.7 Å². The number of aromatic nitrogens is 3. The van der Waals surface area contributed by atoms with Crippen LogP contribution < -0.4 is 15.4 Å². The van der Waals surface area contributed by atoms with Crippen molar-refractivity contribution < 1.29 is 9.53 Å². The third-order valence-corrected chi connectivity index (χ3v) is 4.38. The second kappa shape index (κ2) is 8.91. The molecule has 2 aromatic heterocycles. The number of aryl methyl sites for hydroxylation is 1. The van der Waals surface area contributed by atoms with Crippen LogP contribution in [-0.2, 0) is 6.54 Å². The van der Waals surface area contributed by atoms with E-state index in [0.717, 1.165) is 11.1 Å². The van der Waals surface area contributed by atoms with Crippen molar-refractivity contribution in [3.8, 4) is 17.3 Å². The molecule has 2 heterocycles. The SMILES string of the molecule is Cc1cccc(Oc2ccccc2NC(=O)NCc2cccnc2-n2cccn2)c1. The van der Waals surface area contributed by atoms with Gasteiger partial charge in [-0.15, -0.1) is 0 Å². The van der Waals surface area contributed by atoms with Gasteiger partial charge >= 0.3 is 6.03 Å². The molecule has 4 aromatic rings. The summed E-state index contributed by atoms with van der Waals surface area (Å²) in [7, 11) is 0. The number of carbonyl (C=O) groups is 1. The van der Waals surface area contributed by atoms with Crippen LogP contribution in [0.3, 0.4) is 0 Å². The molecule has 0 spiro atoms. The number of benzene rings is 2. The van der Waals surface area contributed by atoms with Gasteiger partial charge in [-0.3, -0.25) is 0 Å². The Morgan fingerprint density at radius 3 is 2.77 bits per heavy atom. The Labute approximate surface area is 174 Å². The number of rotatable bonds is 6. The maximum atomic E-state index is 12.5. The minimum absolute atomic E-state index is 0.301. The average molecular weight is 399 g/mol. The highest BCUT2D eigenvalue weighted by Crippen LogP contribution is 2.29. The third-order valence-electron chi connectivity index (χ3n) is 4.38. The molecule has 0 saturated heterocycles. The summed E-state index contributed by atoms with van der Waals surface area (Å²) in [5.74, 6) is 1.95. The maximum absolute atomic E-state index is 12.5. The Balaban J connectivity index is 1.43. The molecule has 2 amide bonds. The van der Waals surface area contributed by atoms with Crippen molar-refractivity contribution in [2.24, 2.45) is 0 Å². The monoisotopic (exact) mass is 399 g/mol. The van der Waals surface area contributed by atoms with Gasteiger partial charge < -0.3 is 15.4 Å². The van der Waals surface area contributed by atoms with Crippen molar-refractivity contribution in [3.05, 3.63) is 96.4 Å². The highest BCUT2D eigenvalue weighted by atomic mass is 16.5. The van der Waals surface area contributed by atoms with Gasteiger partial charge in [0.05, 0.1) is 5.69 Å². The van der Waals surface area contributed by atoms with Gasteiger partial charge in [-0.1, -0.05) is 30.3 Å². The smallest absolute Gasteiger partial charge is 0.319 e. The number of urea groups is 1. The van der Waals surface area contributed by atoms with Crippen molar-refractivity contribution in [1.82, 2.24) is 20.1 Å². The second-order valence-electron chi connectivity index (χ2n) is 6.66. The Bertz CT molecular complexity index is 1140. The zero-order chi connectivity index (χ0) is 20.8. The first kappa shape index (κ1) is 19.2. The van der Waals surface area contributed by atoms with Gasteiger partial charge in [-0.25, -0.2) is 14.5 Å². The lowest BCUT2D eigenvalue weighted by Crippen LogP contribution is -2.29. The molecule has 0 aliphatic carbocycles. The number of anilines is 1. The molecule has 0 bridgehead atoms. The van der Waals surface area contributed by atoms with Crippen LogP contribution in [0.5, 0.6) is 11.5 Å². The van der Waals surface area contributed by atoms with Crippen LogP contribution in [0.4, 0.5) is 10.5 Å². The first-order chi connectivity index (χ1) is 14.7. The lowest BCUT2D eigenvalue weighted by atomic mass is 10.2. The van der Waals surface area contributed by atoms with Crippen molar-refractivity contribution in [2.45, 2.75) is 13.5 Å². The quantitative estimate of drug-likeness (QED) is 0.493. The van der Waals surface area contributed by atoms with E-state index in [-0.39, 0.29) is 6.03 Å². The van der Waals surface area contributed by atoms with Crippen LogP contribution >= 0.6 is 0 Å². The normalized spacial score (nSPS) is 10.4. The standard InChI is InChI=1S/C23H21N5O2/c1-17-7-4-9-19(15-17)30-21-11-3-2-10-20(21)27-23(29)25-16-18-8-5-12-24-22(18)28-14-6-13-26-28/h2-15H,16H2,1H3,(H2,25,27,29). The number of hydrogen-bond acceptors (Lipinski definition) is 4. The fourth-order valence-corrected chi connectivity index (χ4v) is 2.98. The van der Waals surface area contributed by atoms with E-state index in [1.165, 1.54) is 0 Å². The van der Waals surface area contributed by atoms with Crippen LogP contribution in [0.1, 0.15) is 11.1 Å². The first-order valence-electron chi connectivity index (χ1n) is 9.51. The van der Waals surface area contributed by atoms with Gasteiger partial charge in [0.15, 0.2) is 11.6 Å². The van der Waals surface area contributed by atoms with E-state index in [4.69, 9.17) is 4.74 Å². The molecular weight excluding hydrogens is 378 g/mol. The van der Waals surface area contributed by atoms with E-state index >= 15 is 0 Å². The Kier molecular flexibility index (Phi) is 5.70. The van der Waals surface area contributed by atoms with Crippen LogP contribution in [0.2, 0.25) is 0 Å². The van der Waals surface area contributed by atoms with Gasteiger partial charge in [0.2, 0.25) is 0 Å². The molecule has 0 fully saturated rings. The topological polar surface area (TPSA) is 81.1 Å². The number of hydrogen-bond donors (Lipinski definition) is 2. The molecule has 2 aromatic carbocycles. The fourth-order valence-electron chi connectivity index (χ4n) is 2.98. The maximum Gasteiger partial charge on any atom is 0.319 e. The summed E-state index contributed by atoms with van der Waals surface area (Å²) in [6.07, 6.45) is 5.19. The first-order valence-corrected chi connectivity index (χ1v) is 9.51. The summed E-state index contributed by atoms with van der Waals surface area (Å²) in [5, 5.41) is 9.92. The van der Waals surface area contributed by atoms with E-state index in [2.05, 4.69) is 20.7 Å². The summed E-state index contributed by atoms with van der Waals surface area (Å²) in [4.78, 5) is 16.9. The van der Waals surface area contributed by atoms with Crippen molar-refractivity contribution in [2.75, 3.05) is 5.32 Å². The van der Waals surface area contributed by atoms with Gasteiger partial charge in [0.1, 0.15) is 5.75 Å². The Hall–Kier alpha value is -4.13. The molecule has 0 aliphatic rings. The van der Waals surface area contributed by atoms with Crippen molar-refractivity contribution in [3.63, 3.8) is 0 Å². The molecule has 0 unspecified atom stereocenters. The van der Waals surface area contributed by atoms with E-state index < -0.39 is 0 Å². The predicted molar refractivity (Wildman–Crippen MR) is 115 cm³/mol. The molecular formula is C23H21N5O2. The zero-order valence-corrected chi connectivity index (χ0v) is 16.4. The number of nitrogens with one attached hydrogen (secondary N) is 2. The van der Waals surface area contributed by atoms with Crippen LogP contribution in [0.15, 0.2) is 85.3 Å². The number of para-hydroxylation sites is 2. The largest absolute Gasteiger partial charge is 0.455 e. The van der Waals surface area contributed by atoms with Gasteiger partial charge in [0, 0.05) is 30.7 Å². The van der Waals surface area contributed by atoms with E-state index in [1.807, 2.05) is 73.8 Å². The number of pyridine rings is 1. The molecule has 4 rings (SSSR count). The summed E-state index contributed by atoms with van der Waals surface area (Å²) in [6.45, 7) is 2.30. The van der Waals surface area contributed by atoms with E-state index in [1.54, 1.807) is 23.1 Å². The fraction of sp³-hybridized carbons (Fsp3) is 0.0870. The molecule has 0 saturated carbocycles. The lowest BCUT2D eigenvalue weighted by molar-refractivity contribution is 0.251. The average Bonchev–Trinajstić information content (AvgIpc) is 3.29. The van der Waals surface area contributed by atoms with E-state index in [9.17, 15) is 4.79 Å². The molecule has 7 heteroatoms. The van der Waals surface area contributed by atoms with Crippen LogP contribution in [0.25, 0.3) is 5.82 Å². The number of amides is 2. The summed E-state index contributed by atoms with van der Waals surface area (Å²) in [5.41, 5.74) is 2.52. The molecule has 150 valence electrons. The van der Waals surface area contributed by atoms with Gasteiger partial charge in [-0.2, -0.15) is 5.10 Å². The second-order valence-corrected chi connectivity index (χ2v) is 6.66. The lowest BCUT2D eigenvalue weighted by Gasteiger charge is -2.14. The molecule has 0 atom stereocenters. The highest BCUT2D eigenvalue weighted by Gasteiger charge is 2.11. The number of nitrogens with zero attached hydrogens (tertiary/aromatic N) is 3.